The summed E-state index contributed by atoms with van der Waals surface area (Å²) in [4.78, 5) is 4.68. The lowest BCUT2D eigenvalue weighted by Crippen LogP contribution is -2.36. The molecule has 1 aliphatic heterocycles. The van der Waals surface area contributed by atoms with Crippen LogP contribution in [0.5, 0.6) is 0 Å². The maximum atomic E-state index is 5.53. The molecule has 94 valence electrons. The van der Waals surface area contributed by atoms with Crippen LogP contribution in [-0.2, 0) is 5.54 Å². The average molecular weight is 235 g/mol. The third kappa shape index (κ3) is 1.88. The van der Waals surface area contributed by atoms with Gasteiger partial charge in [-0.3, -0.25) is 0 Å². The molecule has 0 radical (unpaired) electrons. The summed E-state index contributed by atoms with van der Waals surface area (Å²) in [6.45, 7) is 3.26. The van der Waals surface area contributed by atoms with Crippen molar-refractivity contribution in [3.8, 4) is 0 Å². The van der Waals surface area contributed by atoms with Crippen molar-refractivity contribution in [3.63, 3.8) is 0 Å². The average Bonchev–Trinajstić information content (AvgIpc) is 3.10. The van der Waals surface area contributed by atoms with Gasteiger partial charge in [0.25, 0.3) is 0 Å². The largest absolute Gasteiger partial charge is 0.337 e. The van der Waals surface area contributed by atoms with E-state index in [4.69, 9.17) is 4.52 Å². The minimum atomic E-state index is -0.0378. The molecular formula is C13H21N3O. The normalized spacial score (nSPS) is 30.2. The van der Waals surface area contributed by atoms with Crippen LogP contribution in [0.15, 0.2) is 4.52 Å². The van der Waals surface area contributed by atoms with E-state index >= 15 is 0 Å². The fourth-order valence-corrected chi connectivity index (χ4v) is 3.22. The fourth-order valence-electron chi connectivity index (χ4n) is 3.22. The summed E-state index contributed by atoms with van der Waals surface area (Å²) < 4.78 is 5.53. The topological polar surface area (TPSA) is 51.0 Å². The predicted octanol–water partition coefficient (Wildman–Crippen LogP) is 2.72. The van der Waals surface area contributed by atoms with E-state index in [0.29, 0.717) is 5.92 Å². The minimum Gasteiger partial charge on any atom is -0.337 e. The molecule has 2 heterocycles. The Morgan fingerprint density at radius 3 is 2.82 bits per heavy atom. The van der Waals surface area contributed by atoms with Crippen molar-refractivity contribution in [3.05, 3.63) is 11.7 Å². The van der Waals surface area contributed by atoms with Gasteiger partial charge in [0.2, 0.25) is 5.89 Å². The van der Waals surface area contributed by atoms with E-state index in [1.54, 1.807) is 0 Å². The predicted molar refractivity (Wildman–Crippen MR) is 64.7 cm³/mol. The Morgan fingerprint density at radius 1 is 1.35 bits per heavy atom. The van der Waals surface area contributed by atoms with Gasteiger partial charge in [0.05, 0.1) is 5.54 Å². The summed E-state index contributed by atoms with van der Waals surface area (Å²) in [7, 11) is 0. The Kier molecular flexibility index (Phi) is 2.90. The Hall–Kier alpha value is -0.900. The first kappa shape index (κ1) is 11.2. The lowest BCUT2D eigenvalue weighted by Gasteiger charge is -2.22. The van der Waals surface area contributed by atoms with Gasteiger partial charge in [-0.05, 0) is 38.6 Å². The Morgan fingerprint density at radius 2 is 2.18 bits per heavy atom. The molecule has 0 bridgehead atoms. The number of aromatic nitrogens is 2. The molecule has 17 heavy (non-hydrogen) atoms. The summed E-state index contributed by atoms with van der Waals surface area (Å²) in [5, 5.41) is 7.75. The standard InChI is InChI=1S/C13H21N3O/c1-2-13(8-5-9-14-13)12-15-11(16-17-12)10-6-3-4-7-10/h10,14H,2-9H2,1H3. The second-order valence-electron chi connectivity index (χ2n) is 5.41. The molecule has 2 fully saturated rings. The highest BCUT2D eigenvalue weighted by Gasteiger charge is 2.39. The van der Waals surface area contributed by atoms with Crippen molar-refractivity contribution >= 4 is 0 Å². The molecule has 1 aromatic heterocycles. The highest BCUT2D eigenvalue weighted by atomic mass is 16.5. The molecule has 0 spiro atoms. The molecule has 1 aliphatic carbocycles. The highest BCUT2D eigenvalue weighted by Crippen LogP contribution is 2.36. The first-order chi connectivity index (χ1) is 8.34. The second-order valence-corrected chi connectivity index (χ2v) is 5.41. The summed E-state index contributed by atoms with van der Waals surface area (Å²) >= 11 is 0. The maximum absolute atomic E-state index is 5.53. The molecular weight excluding hydrogens is 214 g/mol. The van der Waals surface area contributed by atoms with Crippen LogP contribution in [0.3, 0.4) is 0 Å². The zero-order valence-electron chi connectivity index (χ0n) is 10.5. The van der Waals surface area contributed by atoms with E-state index in [1.807, 2.05) is 0 Å². The molecule has 1 N–H and O–H groups in total. The molecule has 1 saturated heterocycles. The Balaban J connectivity index is 1.83. The van der Waals surface area contributed by atoms with Gasteiger partial charge in [0.1, 0.15) is 0 Å². The molecule has 4 heteroatoms. The van der Waals surface area contributed by atoms with Crippen LogP contribution < -0.4 is 5.32 Å². The summed E-state index contributed by atoms with van der Waals surface area (Å²) in [5.41, 5.74) is -0.0378. The van der Waals surface area contributed by atoms with Gasteiger partial charge >= 0.3 is 0 Å². The van der Waals surface area contributed by atoms with Crippen LogP contribution in [0.4, 0.5) is 0 Å². The fraction of sp³-hybridized carbons (Fsp3) is 0.846. The summed E-state index contributed by atoms with van der Waals surface area (Å²) in [5.74, 6) is 2.31. The van der Waals surface area contributed by atoms with Gasteiger partial charge in [0, 0.05) is 5.92 Å². The third-order valence-electron chi connectivity index (χ3n) is 4.42. The molecule has 0 amide bonds. The molecule has 2 aliphatic rings. The van der Waals surface area contributed by atoms with Gasteiger partial charge < -0.3 is 9.84 Å². The molecule has 1 saturated carbocycles. The number of hydrogen-bond donors (Lipinski definition) is 1. The van der Waals surface area contributed by atoms with E-state index in [2.05, 4.69) is 22.4 Å². The van der Waals surface area contributed by atoms with Gasteiger partial charge in [-0.2, -0.15) is 4.98 Å². The van der Waals surface area contributed by atoms with E-state index in [1.165, 1.54) is 32.1 Å². The van der Waals surface area contributed by atoms with Crippen molar-refractivity contribution in [2.45, 2.75) is 63.3 Å². The third-order valence-corrected chi connectivity index (χ3v) is 4.42. The van der Waals surface area contributed by atoms with Crippen LogP contribution in [0, 0.1) is 0 Å². The van der Waals surface area contributed by atoms with Crippen LogP contribution in [0.1, 0.15) is 69.5 Å². The van der Waals surface area contributed by atoms with E-state index in [0.717, 1.165) is 31.1 Å². The summed E-state index contributed by atoms with van der Waals surface area (Å²) in [6.07, 6.45) is 8.43. The lowest BCUT2D eigenvalue weighted by molar-refractivity contribution is 0.248. The lowest BCUT2D eigenvalue weighted by atomic mass is 9.94. The van der Waals surface area contributed by atoms with Crippen molar-refractivity contribution < 1.29 is 4.52 Å². The van der Waals surface area contributed by atoms with E-state index < -0.39 is 0 Å². The number of nitrogens with zero attached hydrogens (tertiary/aromatic N) is 2. The monoisotopic (exact) mass is 235 g/mol. The van der Waals surface area contributed by atoms with Crippen LogP contribution in [0.25, 0.3) is 0 Å². The van der Waals surface area contributed by atoms with Crippen molar-refractivity contribution in [2.24, 2.45) is 0 Å². The molecule has 1 aromatic rings. The molecule has 1 atom stereocenters. The number of nitrogens with one attached hydrogen (secondary N) is 1. The van der Waals surface area contributed by atoms with Gasteiger partial charge in [-0.1, -0.05) is 24.9 Å². The second kappa shape index (κ2) is 4.41. The van der Waals surface area contributed by atoms with E-state index in [9.17, 15) is 0 Å². The van der Waals surface area contributed by atoms with Crippen LogP contribution in [-0.4, -0.2) is 16.7 Å². The minimum absolute atomic E-state index is 0.0378. The highest BCUT2D eigenvalue weighted by molar-refractivity contribution is 5.08. The van der Waals surface area contributed by atoms with Gasteiger partial charge in [0.15, 0.2) is 5.82 Å². The molecule has 0 aromatic carbocycles. The van der Waals surface area contributed by atoms with Crippen LogP contribution in [0.2, 0.25) is 0 Å². The first-order valence-electron chi connectivity index (χ1n) is 6.93. The van der Waals surface area contributed by atoms with Crippen molar-refractivity contribution in [1.82, 2.24) is 15.5 Å². The van der Waals surface area contributed by atoms with Crippen LogP contribution >= 0.6 is 0 Å². The number of hydrogen-bond acceptors (Lipinski definition) is 4. The van der Waals surface area contributed by atoms with Crippen molar-refractivity contribution in [2.75, 3.05) is 6.54 Å². The maximum Gasteiger partial charge on any atom is 0.246 e. The molecule has 3 rings (SSSR count). The molecule has 4 nitrogen and oxygen atoms in total. The van der Waals surface area contributed by atoms with Gasteiger partial charge in [-0.15, -0.1) is 0 Å². The summed E-state index contributed by atoms with van der Waals surface area (Å²) in [6, 6.07) is 0. The van der Waals surface area contributed by atoms with Crippen molar-refractivity contribution in [1.29, 1.82) is 0 Å². The number of rotatable bonds is 3. The Bertz CT molecular complexity index is 376. The molecule has 1 unspecified atom stereocenters. The van der Waals surface area contributed by atoms with E-state index in [-0.39, 0.29) is 5.54 Å². The smallest absolute Gasteiger partial charge is 0.246 e. The zero-order valence-corrected chi connectivity index (χ0v) is 10.5. The first-order valence-corrected chi connectivity index (χ1v) is 6.93. The Labute approximate surface area is 102 Å². The zero-order chi connectivity index (χ0) is 11.7. The SMILES string of the molecule is CCC1(c2nc(C3CCCC3)no2)CCCN1. The van der Waals surface area contributed by atoms with Gasteiger partial charge in [-0.25, -0.2) is 0 Å². The quantitative estimate of drug-likeness (QED) is 0.875.